The second-order valence-corrected chi connectivity index (χ2v) is 10.2. The molecule has 0 saturated heterocycles. The van der Waals surface area contributed by atoms with Gasteiger partial charge in [-0.1, -0.05) is 95.9 Å². The van der Waals surface area contributed by atoms with Crippen LogP contribution in [0.2, 0.25) is 0 Å². The van der Waals surface area contributed by atoms with Gasteiger partial charge in [-0.15, -0.1) is 0 Å². The summed E-state index contributed by atoms with van der Waals surface area (Å²) in [7, 11) is 0. The van der Waals surface area contributed by atoms with Crippen molar-refractivity contribution in [2.75, 3.05) is 6.61 Å². The summed E-state index contributed by atoms with van der Waals surface area (Å²) in [5.41, 5.74) is 2.62. The molecule has 3 nitrogen and oxygen atoms in total. The van der Waals surface area contributed by atoms with Crippen molar-refractivity contribution in [1.29, 1.82) is 0 Å². The normalized spacial score (nSPS) is 11.0. The first-order chi connectivity index (χ1) is 19.0. The van der Waals surface area contributed by atoms with Gasteiger partial charge < -0.3 is 9.47 Å². The highest BCUT2D eigenvalue weighted by Crippen LogP contribution is 2.27. The van der Waals surface area contributed by atoms with Gasteiger partial charge in [0.15, 0.2) is 23.1 Å². The predicted octanol–water partition coefficient (Wildman–Crippen LogP) is 10.1. The lowest BCUT2D eigenvalue weighted by Gasteiger charge is -2.10. The Bertz CT molecular complexity index is 1160. The Hall–Kier alpha value is -3.21. The number of esters is 1. The van der Waals surface area contributed by atoms with Crippen LogP contribution >= 0.6 is 0 Å². The van der Waals surface area contributed by atoms with Gasteiger partial charge in [-0.2, -0.15) is 0 Å². The van der Waals surface area contributed by atoms with E-state index in [1.165, 1.54) is 50.3 Å². The van der Waals surface area contributed by atoms with Crippen molar-refractivity contribution in [3.63, 3.8) is 0 Å². The van der Waals surface area contributed by atoms with Crippen LogP contribution in [0.1, 0.15) is 100 Å². The average Bonchev–Trinajstić information content (AvgIpc) is 2.94. The van der Waals surface area contributed by atoms with Gasteiger partial charge in [-0.25, -0.2) is 13.6 Å². The first-order valence-electron chi connectivity index (χ1n) is 14.5. The summed E-state index contributed by atoms with van der Waals surface area (Å²) in [6.45, 7) is 4.85. The van der Waals surface area contributed by atoms with Gasteiger partial charge >= 0.3 is 5.97 Å². The molecule has 3 aromatic carbocycles. The van der Waals surface area contributed by atoms with Crippen LogP contribution in [0.25, 0.3) is 11.1 Å². The number of aryl methyl sites for hydroxylation is 1. The van der Waals surface area contributed by atoms with Crippen molar-refractivity contribution < 1.29 is 23.0 Å². The molecule has 0 radical (unpaired) electrons. The van der Waals surface area contributed by atoms with Gasteiger partial charge in [0, 0.05) is 0 Å². The molecular formula is C34H42F2O3. The molecule has 0 saturated carbocycles. The molecule has 3 aromatic rings. The van der Waals surface area contributed by atoms with E-state index >= 15 is 0 Å². The number of ether oxygens (including phenoxy) is 2. The fourth-order valence-corrected chi connectivity index (χ4v) is 4.53. The minimum Gasteiger partial charge on any atom is -0.491 e. The maximum atomic E-state index is 14.6. The van der Waals surface area contributed by atoms with E-state index < -0.39 is 17.6 Å². The number of carbonyl (C=O) groups is 1. The summed E-state index contributed by atoms with van der Waals surface area (Å²) in [6, 6.07) is 16.3. The van der Waals surface area contributed by atoms with Crippen molar-refractivity contribution in [1.82, 2.24) is 0 Å². The molecule has 0 unspecified atom stereocenters. The van der Waals surface area contributed by atoms with E-state index in [1.54, 1.807) is 36.4 Å². The van der Waals surface area contributed by atoms with Gasteiger partial charge in [-0.05, 0) is 72.4 Å². The fraction of sp³-hybridized carbons (Fsp3) is 0.441. The molecule has 0 fully saturated rings. The Morgan fingerprint density at radius 3 is 1.90 bits per heavy atom. The maximum absolute atomic E-state index is 14.6. The Morgan fingerprint density at radius 1 is 0.641 bits per heavy atom. The van der Waals surface area contributed by atoms with Crippen LogP contribution < -0.4 is 9.47 Å². The highest BCUT2D eigenvalue weighted by Gasteiger charge is 2.14. The highest BCUT2D eigenvalue weighted by atomic mass is 19.1. The summed E-state index contributed by atoms with van der Waals surface area (Å²) in [4.78, 5) is 12.6. The van der Waals surface area contributed by atoms with Crippen molar-refractivity contribution in [3.8, 4) is 22.6 Å². The summed E-state index contributed by atoms with van der Waals surface area (Å²) < 4.78 is 40.0. The van der Waals surface area contributed by atoms with E-state index in [1.807, 2.05) is 6.07 Å². The molecule has 0 spiro atoms. The SMILES string of the molecule is CCCCCCCCCc1ccc(OC(=O)c2ccc(-c3ccc(OCCCCCC)c(F)c3)cc2)c(F)c1. The lowest BCUT2D eigenvalue weighted by Crippen LogP contribution is -2.09. The molecule has 0 N–H and O–H groups in total. The van der Waals surface area contributed by atoms with E-state index in [0.29, 0.717) is 12.2 Å². The standard InChI is InChI=1S/C34H42F2O3/c1-3-5-7-9-10-11-12-14-26-15-21-33(30(35)24-26)39-34(37)28-18-16-27(17-19-28)29-20-22-32(31(36)25-29)38-23-13-8-6-4-2/h15-22,24-25H,3-14,23H2,1-2H3. The van der Waals surface area contributed by atoms with Crippen molar-refractivity contribution >= 4 is 5.97 Å². The molecule has 0 aliphatic heterocycles. The second-order valence-electron chi connectivity index (χ2n) is 10.2. The number of halogens is 2. The molecule has 0 atom stereocenters. The Balaban J connectivity index is 1.50. The van der Waals surface area contributed by atoms with Gasteiger partial charge in [0.25, 0.3) is 0 Å². The number of hydrogen-bond acceptors (Lipinski definition) is 3. The smallest absolute Gasteiger partial charge is 0.343 e. The number of unbranched alkanes of at least 4 members (excludes halogenated alkanes) is 9. The Kier molecular flexibility index (Phi) is 13.0. The zero-order chi connectivity index (χ0) is 27.9. The van der Waals surface area contributed by atoms with Crippen molar-refractivity contribution in [3.05, 3.63) is 83.4 Å². The third-order valence-corrected chi connectivity index (χ3v) is 6.91. The molecule has 0 bridgehead atoms. The van der Waals surface area contributed by atoms with Crippen LogP contribution in [0.3, 0.4) is 0 Å². The van der Waals surface area contributed by atoms with E-state index in [0.717, 1.165) is 56.1 Å². The molecule has 0 aliphatic carbocycles. The molecule has 0 aliphatic rings. The Labute approximate surface area is 232 Å². The molecule has 0 heterocycles. The molecular weight excluding hydrogens is 494 g/mol. The van der Waals surface area contributed by atoms with Crippen molar-refractivity contribution in [2.45, 2.75) is 90.9 Å². The van der Waals surface area contributed by atoms with Crippen LogP contribution in [0.15, 0.2) is 60.7 Å². The molecule has 0 amide bonds. The van der Waals surface area contributed by atoms with E-state index in [9.17, 15) is 13.6 Å². The zero-order valence-electron chi connectivity index (χ0n) is 23.4. The quantitative estimate of drug-likeness (QED) is 0.0978. The van der Waals surface area contributed by atoms with E-state index in [2.05, 4.69) is 13.8 Å². The molecule has 5 heteroatoms. The summed E-state index contributed by atoms with van der Waals surface area (Å²) in [5, 5.41) is 0. The Morgan fingerprint density at radius 2 is 1.23 bits per heavy atom. The van der Waals surface area contributed by atoms with Crippen LogP contribution in [-0.2, 0) is 6.42 Å². The van der Waals surface area contributed by atoms with E-state index in [-0.39, 0.29) is 17.1 Å². The third-order valence-electron chi connectivity index (χ3n) is 6.91. The predicted molar refractivity (Wildman–Crippen MR) is 155 cm³/mol. The largest absolute Gasteiger partial charge is 0.491 e. The minimum atomic E-state index is -0.640. The second kappa shape index (κ2) is 16.7. The molecule has 210 valence electrons. The average molecular weight is 537 g/mol. The monoisotopic (exact) mass is 536 g/mol. The van der Waals surface area contributed by atoms with E-state index in [4.69, 9.17) is 9.47 Å². The highest BCUT2D eigenvalue weighted by molar-refractivity contribution is 5.91. The zero-order valence-corrected chi connectivity index (χ0v) is 23.4. The van der Waals surface area contributed by atoms with Crippen LogP contribution in [0.5, 0.6) is 11.5 Å². The first kappa shape index (κ1) is 30.3. The van der Waals surface area contributed by atoms with Gasteiger partial charge in [-0.3, -0.25) is 0 Å². The topological polar surface area (TPSA) is 35.5 Å². The van der Waals surface area contributed by atoms with Crippen molar-refractivity contribution in [2.24, 2.45) is 0 Å². The lowest BCUT2D eigenvalue weighted by molar-refractivity contribution is 0.0728. The summed E-state index contributed by atoms with van der Waals surface area (Å²) in [5.74, 6) is -1.44. The molecule has 3 rings (SSSR count). The number of carbonyl (C=O) groups excluding carboxylic acids is 1. The van der Waals surface area contributed by atoms with Gasteiger partial charge in [0.1, 0.15) is 0 Å². The first-order valence-corrected chi connectivity index (χ1v) is 14.5. The van der Waals surface area contributed by atoms with Gasteiger partial charge in [0.2, 0.25) is 0 Å². The molecule has 0 aromatic heterocycles. The van der Waals surface area contributed by atoms with Gasteiger partial charge in [0.05, 0.1) is 12.2 Å². The summed E-state index contributed by atoms with van der Waals surface area (Å²) in [6.07, 6.45) is 13.5. The number of benzene rings is 3. The van der Waals surface area contributed by atoms with Crippen LogP contribution in [0, 0.1) is 11.6 Å². The number of hydrogen-bond donors (Lipinski definition) is 0. The third kappa shape index (κ3) is 10.1. The molecule has 39 heavy (non-hydrogen) atoms. The van der Waals surface area contributed by atoms with Crippen LogP contribution in [0.4, 0.5) is 8.78 Å². The number of rotatable bonds is 17. The minimum absolute atomic E-state index is 0.0836. The lowest BCUT2D eigenvalue weighted by atomic mass is 10.0. The summed E-state index contributed by atoms with van der Waals surface area (Å²) >= 11 is 0. The maximum Gasteiger partial charge on any atom is 0.343 e. The fourth-order valence-electron chi connectivity index (χ4n) is 4.53. The van der Waals surface area contributed by atoms with Crippen LogP contribution in [-0.4, -0.2) is 12.6 Å².